The summed E-state index contributed by atoms with van der Waals surface area (Å²) in [5.74, 6) is 0. The van der Waals surface area contributed by atoms with Gasteiger partial charge in [0.15, 0.2) is 0 Å². The molecule has 0 atom stereocenters. The Morgan fingerprint density at radius 3 is 1.74 bits per heavy atom. The molecule has 2 rings (SSSR count). The van der Waals surface area contributed by atoms with Crippen LogP contribution >= 0.6 is 0 Å². The normalized spacial score (nSPS) is 10.1. The van der Waals surface area contributed by atoms with E-state index in [1.807, 2.05) is 42.5 Å². The largest absolute Gasteiger partial charge is 0.748 e. The monoisotopic (exact) mass is 297 g/mol. The van der Waals surface area contributed by atoms with E-state index in [0.29, 0.717) is 0 Å². The Balaban J connectivity index is 0.000000454. The average Bonchev–Trinajstić information content (AvgIpc) is 3.10. The van der Waals surface area contributed by atoms with E-state index >= 15 is 0 Å². The molecular formula is C17H23FeN-6. The quantitative estimate of drug-likeness (QED) is 0.659. The summed E-state index contributed by atoms with van der Waals surface area (Å²) in [5.41, 5.74) is 8.23. The fraction of sp³-hybridized carbons (Fsp3) is 0.294. The minimum absolute atomic E-state index is 0. The number of hydrogen-bond donors (Lipinski definition) is 1. The molecule has 0 amide bonds. The van der Waals surface area contributed by atoms with Gasteiger partial charge in [0.05, 0.1) is 0 Å². The van der Waals surface area contributed by atoms with Crippen LogP contribution in [0.25, 0.3) is 5.57 Å². The van der Waals surface area contributed by atoms with Crippen molar-refractivity contribution in [1.29, 1.82) is 0 Å². The third kappa shape index (κ3) is 5.20. The third-order valence-corrected chi connectivity index (χ3v) is 3.43. The summed E-state index contributed by atoms with van der Waals surface area (Å²) in [6, 6.07) is 18.2. The smallest absolute Gasteiger partial charge is 0.0234 e. The fourth-order valence-corrected chi connectivity index (χ4v) is 1.86. The van der Waals surface area contributed by atoms with Crippen LogP contribution < -0.4 is 5.73 Å². The van der Waals surface area contributed by atoms with Crippen LogP contribution in [0.1, 0.15) is 32.3 Å². The SMILES string of the molecule is C=C([c-]1cccc1)C(N)(CC)CC.[Fe].[cH-]1[cH-][cH-][cH-][cH-]1. The first kappa shape index (κ1) is 17.9. The summed E-state index contributed by atoms with van der Waals surface area (Å²) in [4.78, 5) is 0. The average molecular weight is 297 g/mol. The first-order valence-corrected chi connectivity index (χ1v) is 6.51. The second-order valence-corrected chi connectivity index (χ2v) is 4.48. The van der Waals surface area contributed by atoms with Crippen molar-refractivity contribution in [2.24, 2.45) is 5.73 Å². The van der Waals surface area contributed by atoms with Crippen LogP contribution in [0.15, 0.2) is 61.2 Å². The van der Waals surface area contributed by atoms with E-state index in [1.165, 1.54) is 5.56 Å². The molecule has 0 radical (unpaired) electrons. The molecule has 0 unspecified atom stereocenters. The first-order valence-electron chi connectivity index (χ1n) is 6.51. The van der Waals surface area contributed by atoms with Gasteiger partial charge < -0.3 is 36.1 Å². The molecule has 19 heavy (non-hydrogen) atoms. The van der Waals surface area contributed by atoms with Gasteiger partial charge >= 0.3 is 0 Å². The Hall–Kier alpha value is -1.08. The summed E-state index contributed by atoms with van der Waals surface area (Å²) >= 11 is 0. The fourth-order valence-electron chi connectivity index (χ4n) is 1.86. The van der Waals surface area contributed by atoms with Crippen molar-refractivity contribution in [2.45, 2.75) is 32.2 Å². The van der Waals surface area contributed by atoms with Crippen molar-refractivity contribution in [3.05, 3.63) is 66.7 Å². The van der Waals surface area contributed by atoms with Gasteiger partial charge in [0.25, 0.3) is 0 Å². The molecule has 110 valence electrons. The predicted octanol–water partition coefficient (Wildman–Crippen LogP) is 4.34. The second kappa shape index (κ2) is 8.92. The first-order chi connectivity index (χ1) is 8.64. The summed E-state index contributed by atoms with van der Waals surface area (Å²) < 4.78 is 0. The van der Waals surface area contributed by atoms with Gasteiger partial charge in [0.1, 0.15) is 0 Å². The maximum atomic E-state index is 6.23. The molecule has 0 aliphatic carbocycles. The molecule has 0 aliphatic heterocycles. The Morgan fingerprint density at radius 2 is 1.42 bits per heavy atom. The summed E-state index contributed by atoms with van der Waals surface area (Å²) in [5, 5.41) is 0. The van der Waals surface area contributed by atoms with E-state index in [9.17, 15) is 0 Å². The molecule has 0 aliphatic rings. The van der Waals surface area contributed by atoms with E-state index in [4.69, 9.17) is 5.73 Å². The molecular weight excluding hydrogens is 274 g/mol. The maximum absolute atomic E-state index is 6.23. The van der Waals surface area contributed by atoms with Crippen molar-refractivity contribution < 1.29 is 17.1 Å². The van der Waals surface area contributed by atoms with Crippen LogP contribution in [0.5, 0.6) is 0 Å². The number of rotatable bonds is 4. The van der Waals surface area contributed by atoms with Gasteiger partial charge in [-0.25, -0.2) is 0 Å². The van der Waals surface area contributed by atoms with Gasteiger partial charge in [-0.1, -0.05) is 13.8 Å². The van der Waals surface area contributed by atoms with Gasteiger partial charge in [0.2, 0.25) is 0 Å². The molecule has 2 heteroatoms. The van der Waals surface area contributed by atoms with Crippen LogP contribution in [0.2, 0.25) is 0 Å². The molecule has 0 saturated heterocycles. The van der Waals surface area contributed by atoms with Gasteiger partial charge in [-0.05, 0) is 12.8 Å². The molecule has 0 saturated carbocycles. The zero-order valence-electron chi connectivity index (χ0n) is 11.7. The van der Waals surface area contributed by atoms with Gasteiger partial charge in [-0.2, -0.15) is 18.7 Å². The molecule has 0 fully saturated rings. The van der Waals surface area contributed by atoms with Crippen LogP contribution in [0.3, 0.4) is 0 Å². The Kier molecular flexibility index (Phi) is 8.42. The third-order valence-electron chi connectivity index (χ3n) is 3.43. The van der Waals surface area contributed by atoms with Crippen molar-refractivity contribution >= 4 is 5.57 Å². The molecule has 2 aromatic carbocycles. The van der Waals surface area contributed by atoms with Crippen LogP contribution in [-0.4, -0.2) is 5.54 Å². The van der Waals surface area contributed by atoms with E-state index in [-0.39, 0.29) is 22.6 Å². The minimum atomic E-state index is -0.228. The predicted molar refractivity (Wildman–Crippen MR) is 80.6 cm³/mol. The summed E-state index contributed by atoms with van der Waals surface area (Å²) in [6.45, 7) is 8.30. The second-order valence-electron chi connectivity index (χ2n) is 4.48. The molecule has 0 bridgehead atoms. The molecule has 0 heterocycles. The van der Waals surface area contributed by atoms with Gasteiger partial charge in [0, 0.05) is 22.6 Å². The van der Waals surface area contributed by atoms with E-state index in [1.54, 1.807) is 0 Å². The van der Waals surface area contributed by atoms with Crippen molar-refractivity contribution in [3.8, 4) is 0 Å². The van der Waals surface area contributed by atoms with Crippen molar-refractivity contribution in [3.63, 3.8) is 0 Å². The van der Waals surface area contributed by atoms with Crippen LogP contribution in [0.4, 0.5) is 0 Å². The zero-order chi connectivity index (χ0) is 13.4. The van der Waals surface area contributed by atoms with Gasteiger partial charge in [-0.3, -0.25) is 0 Å². The van der Waals surface area contributed by atoms with E-state index in [0.717, 1.165) is 18.4 Å². The molecule has 0 aromatic heterocycles. The van der Waals surface area contributed by atoms with Crippen LogP contribution in [-0.2, 0) is 17.1 Å². The van der Waals surface area contributed by atoms with Crippen LogP contribution in [0, 0.1) is 0 Å². The molecule has 2 N–H and O–H groups in total. The Bertz CT molecular complexity index is 405. The Labute approximate surface area is 127 Å². The zero-order valence-corrected chi connectivity index (χ0v) is 12.9. The molecule has 1 nitrogen and oxygen atoms in total. The topological polar surface area (TPSA) is 26.0 Å². The maximum Gasteiger partial charge on any atom is 0.0234 e. The summed E-state index contributed by atoms with van der Waals surface area (Å²) in [6.07, 6.45) is 1.88. The number of hydrogen-bond acceptors (Lipinski definition) is 1. The van der Waals surface area contributed by atoms with Crippen molar-refractivity contribution in [2.75, 3.05) is 0 Å². The summed E-state index contributed by atoms with van der Waals surface area (Å²) in [7, 11) is 0. The Morgan fingerprint density at radius 1 is 1.05 bits per heavy atom. The standard InChI is InChI=1S/C12H18N.C5H5.Fe/c1-4-12(13,5-2)10(3)11-8-6-7-9-11;1-2-4-5-3-1;/h6-9H,3-5,13H2,1-2H3;1-5H;/q-1;-5;. The van der Waals surface area contributed by atoms with E-state index < -0.39 is 0 Å². The molecule has 2 aromatic rings. The van der Waals surface area contributed by atoms with Crippen molar-refractivity contribution in [1.82, 2.24) is 0 Å². The van der Waals surface area contributed by atoms with E-state index in [2.05, 4.69) is 32.6 Å². The number of nitrogens with two attached hydrogens (primary N) is 1. The minimum Gasteiger partial charge on any atom is -0.748 e. The van der Waals surface area contributed by atoms with Gasteiger partial charge in [-0.15, -0.1) is 23.3 Å². The molecule has 0 spiro atoms.